The molecule has 1 unspecified atom stereocenters. The first-order valence-electron chi connectivity index (χ1n) is 8.70. The fraction of sp³-hybridized carbons (Fsp3) is 0.316. The first-order valence-corrected chi connectivity index (χ1v) is 9.95. The number of hydrogen-bond donors (Lipinski definition) is 1. The number of thiophene rings is 1. The number of hydrogen-bond acceptors (Lipinski definition) is 7. The Kier molecular flexibility index (Phi) is 4.99. The maximum atomic E-state index is 11.7. The van der Waals surface area contributed by atoms with Crippen molar-refractivity contribution >= 4 is 44.9 Å². The molecule has 3 aromatic rings. The van der Waals surface area contributed by atoms with Crippen LogP contribution in [0.4, 0.5) is 5.82 Å². The summed E-state index contributed by atoms with van der Waals surface area (Å²) in [5.74, 6) is 0.949. The van der Waals surface area contributed by atoms with Crippen LogP contribution in [0, 0.1) is 0 Å². The molecule has 1 aromatic carbocycles. The first kappa shape index (κ1) is 18.8. The van der Waals surface area contributed by atoms with Gasteiger partial charge in [0.1, 0.15) is 16.7 Å². The average Bonchev–Trinajstić information content (AvgIpc) is 3.34. The number of aromatic nitrogens is 2. The number of carboxylic acid groups (broad SMARTS) is 1. The van der Waals surface area contributed by atoms with Gasteiger partial charge in [0.15, 0.2) is 11.5 Å². The molecule has 1 atom stereocenters. The summed E-state index contributed by atoms with van der Waals surface area (Å²) in [7, 11) is 3.17. The summed E-state index contributed by atoms with van der Waals surface area (Å²) in [6.07, 6.45) is 1.37. The second-order valence-corrected chi connectivity index (χ2v) is 7.60. The summed E-state index contributed by atoms with van der Waals surface area (Å²) < 4.78 is 10.7. The summed E-state index contributed by atoms with van der Waals surface area (Å²) in [6.45, 7) is 0.612. The van der Waals surface area contributed by atoms with Crippen LogP contribution in [0.2, 0.25) is 5.28 Å². The molecule has 3 heterocycles. The lowest BCUT2D eigenvalue weighted by Crippen LogP contribution is -2.36. The molecule has 1 fully saturated rings. The maximum Gasteiger partial charge on any atom is 0.326 e. The molecule has 28 heavy (non-hydrogen) atoms. The van der Waals surface area contributed by atoms with E-state index in [1.807, 2.05) is 28.5 Å². The van der Waals surface area contributed by atoms with Crippen molar-refractivity contribution in [2.75, 3.05) is 25.7 Å². The van der Waals surface area contributed by atoms with Gasteiger partial charge in [-0.25, -0.2) is 9.78 Å². The summed E-state index contributed by atoms with van der Waals surface area (Å²) in [4.78, 5) is 23.0. The van der Waals surface area contributed by atoms with Crippen LogP contribution < -0.4 is 14.4 Å². The Hall–Kier alpha value is -2.58. The van der Waals surface area contributed by atoms with E-state index >= 15 is 0 Å². The molecule has 0 saturated carbocycles. The monoisotopic (exact) mass is 419 g/mol. The first-order chi connectivity index (χ1) is 13.5. The summed E-state index contributed by atoms with van der Waals surface area (Å²) >= 11 is 7.59. The molecule has 1 saturated heterocycles. The number of rotatable bonds is 5. The van der Waals surface area contributed by atoms with Gasteiger partial charge in [0.25, 0.3) is 0 Å². The molecule has 0 bridgehead atoms. The van der Waals surface area contributed by atoms with E-state index in [4.69, 9.17) is 21.1 Å². The van der Waals surface area contributed by atoms with Gasteiger partial charge in [-0.2, -0.15) is 4.98 Å². The van der Waals surface area contributed by atoms with Crippen LogP contribution in [0.5, 0.6) is 11.5 Å². The Balaban J connectivity index is 1.91. The summed E-state index contributed by atoms with van der Waals surface area (Å²) in [5, 5.41) is 12.5. The average molecular weight is 420 g/mol. The third-order valence-corrected chi connectivity index (χ3v) is 5.93. The minimum absolute atomic E-state index is 0.110. The number of ether oxygens (including phenoxy) is 2. The zero-order valence-corrected chi connectivity index (χ0v) is 16.9. The van der Waals surface area contributed by atoms with Gasteiger partial charge in [0, 0.05) is 17.5 Å². The van der Waals surface area contributed by atoms with Crippen LogP contribution in [-0.2, 0) is 4.79 Å². The number of benzene rings is 1. The third-order valence-electron chi connectivity index (χ3n) is 4.89. The van der Waals surface area contributed by atoms with E-state index < -0.39 is 12.0 Å². The summed E-state index contributed by atoms with van der Waals surface area (Å²) in [6, 6.07) is 5.04. The molecule has 0 amide bonds. The molecule has 1 aliphatic rings. The number of nitrogens with zero attached hydrogens (tertiary/aromatic N) is 3. The highest BCUT2D eigenvalue weighted by molar-refractivity contribution is 7.17. The number of halogens is 1. The molecule has 7 nitrogen and oxygen atoms in total. The van der Waals surface area contributed by atoms with Gasteiger partial charge < -0.3 is 19.5 Å². The topological polar surface area (TPSA) is 84.8 Å². The zero-order valence-electron chi connectivity index (χ0n) is 15.3. The molecule has 0 aliphatic carbocycles. The van der Waals surface area contributed by atoms with E-state index in [0.717, 1.165) is 27.8 Å². The molecular weight excluding hydrogens is 402 g/mol. The largest absolute Gasteiger partial charge is 0.493 e. The van der Waals surface area contributed by atoms with Crippen molar-refractivity contribution in [3.8, 4) is 22.6 Å². The predicted molar refractivity (Wildman–Crippen MR) is 109 cm³/mol. The van der Waals surface area contributed by atoms with Gasteiger partial charge >= 0.3 is 5.97 Å². The lowest BCUT2D eigenvalue weighted by Gasteiger charge is -2.23. The van der Waals surface area contributed by atoms with Crippen molar-refractivity contribution in [1.82, 2.24) is 9.97 Å². The Morgan fingerprint density at radius 2 is 2.07 bits per heavy atom. The van der Waals surface area contributed by atoms with Crippen molar-refractivity contribution in [3.63, 3.8) is 0 Å². The maximum absolute atomic E-state index is 11.7. The van der Waals surface area contributed by atoms with Crippen LogP contribution in [-0.4, -0.2) is 47.8 Å². The number of methoxy groups -OCH3 is 2. The van der Waals surface area contributed by atoms with Gasteiger partial charge in [-0.15, -0.1) is 11.3 Å². The lowest BCUT2D eigenvalue weighted by molar-refractivity contribution is -0.138. The van der Waals surface area contributed by atoms with Crippen LogP contribution >= 0.6 is 22.9 Å². The summed E-state index contributed by atoms with van der Waals surface area (Å²) in [5.41, 5.74) is 1.81. The SMILES string of the molecule is COc1ccc(-c2csc3nc(Cl)nc(N4CCCC4C(=O)O)c23)cc1OC. The molecule has 0 radical (unpaired) electrons. The van der Waals surface area contributed by atoms with Crippen LogP contribution in [0.3, 0.4) is 0 Å². The molecule has 4 rings (SSSR count). The Morgan fingerprint density at radius 3 is 2.79 bits per heavy atom. The van der Waals surface area contributed by atoms with Gasteiger partial charge in [-0.1, -0.05) is 6.07 Å². The predicted octanol–water partition coefficient (Wildman–Crippen LogP) is 4.08. The minimum Gasteiger partial charge on any atom is -0.493 e. The Bertz CT molecular complexity index is 1060. The Labute approximate surface area is 170 Å². The fourth-order valence-corrected chi connectivity index (χ4v) is 4.76. The van der Waals surface area contributed by atoms with Crippen molar-refractivity contribution in [1.29, 1.82) is 0 Å². The van der Waals surface area contributed by atoms with E-state index in [1.54, 1.807) is 14.2 Å². The van der Waals surface area contributed by atoms with Gasteiger partial charge in [0.05, 0.1) is 19.6 Å². The van der Waals surface area contributed by atoms with Crippen molar-refractivity contribution in [2.24, 2.45) is 0 Å². The quantitative estimate of drug-likeness (QED) is 0.623. The second-order valence-electron chi connectivity index (χ2n) is 6.41. The number of carbonyl (C=O) groups is 1. The normalized spacial score (nSPS) is 16.5. The van der Waals surface area contributed by atoms with Crippen molar-refractivity contribution < 1.29 is 19.4 Å². The van der Waals surface area contributed by atoms with E-state index in [-0.39, 0.29) is 5.28 Å². The van der Waals surface area contributed by atoms with Crippen molar-refractivity contribution in [2.45, 2.75) is 18.9 Å². The molecule has 146 valence electrons. The molecule has 2 aromatic heterocycles. The smallest absolute Gasteiger partial charge is 0.326 e. The van der Waals surface area contributed by atoms with E-state index in [2.05, 4.69) is 9.97 Å². The molecule has 1 aliphatic heterocycles. The highest BCUT2D eigenvalue weighted by Gasteiger charge is 2.33. The van der Waals surface area contributed by atoms with Gasteiger partial charge in [0.2, 0.25) is 5.28 Å². The number of carboxylic acids is 1. The van der Waals surface area contributed by atoms with Crippen LogP contribution in [0.25, 0.3) is 21.3 Å². The van der Waals surface area contributed by atoms with Crippen LogP contribution in [0.15, 0.2) is 23.6 Å². The fourth-order valence-electron chi connectivity index (χ4n) is 3.60. The Morgan fingerprint density at radius 1 is 1.29 bits per heavy atom. The number of aliphatic carboxylic acids is 1. The molecule has 1 N–H and O–H groups in total. The number of fused-ring (bicyclic) bond motifs is 1. The number of anilines is 1. The lowest BCUT2D eigenvalue weighted by atomic mass is 10.0. The molecule has 0 spiro atoms. The van der Waals surface area contributed by atoms with Gasteiger partial charge in [-0.05, 0) is 42.1 Å². The molecule has 9 heteroatoms. The highest BCUT2D eigenvalue weighted by atomic mass is 35.5. The van der Waals surface area contributed by atoms with Crippen molar-refractivity contribution in [3.05, 3.63) is 28.9 Å². The van der Waals surface area contributed by atoms with E-state index in [9.17, 15) is 9.90 Å². The van der Waals surface area contributed by atoms with E-state index in [1.165, 1.54) is 11.3 Å². The van der Waals surface area contributed by atoms with Crippen LogP contribution in [0.1, 0.15) is 12.8 Å². The standard InChI is InChI=1S/C19H18ClN3O4S/c1-26-13-6-5-10(8-14(13)27-2)11-9-28-17-15(11)16(21-19(20)22-17)23-7-3-4-12(23)18(24)25/h5-6,8-9,12H,3-4,7H2,1-2H3,(H,24,25). The molecular formula is C19H18ClN3O4S. The second kappa shape index (κ2) is 7.44. The van der Waals surface area contributed by atoms with Gasteiger partial charge in [-0.3, -0.25) is 0 Å². The van der Waals surface area contributed by atoms with E-state index in [0.29, 0.717) is 30.3 Å². The minimum atomic E-state index is -0.858. The zero-order chi connectivity index (χ0) is 19.8. The third kappa shape index (κ3) is 3.12. The highest BCUT2D eigenvalue weighted by Crippen LogP contribution is 2.42.